The van der Waals surface area contributed by atoms with Gasteiger partial charge in [0.1, 0.15) is 11.6 Å². The van der Waals surface area contributed by atoms with Crippen LogP contribution in [0.3, 0.4) is 0 Å². The summed E-state index contributed by atoms with van der Waals surface area (Å²) in [5.74, 6) is 0.468. The maximum Gasteiger partial charge on any atom is 0.124 e. The average molecular weight is 279 g/mol. The second-order valence-corrected chi connectivity index (χ2v) is 5.11. The van der Waals surface area contributed by atoms with Crippen LogP contribution in [0.25, 0.3) is 0 Å². The molecule has 0 spiro atoms. The van der Waals surface area contributed by atoms with Gasteiger partial charge in [-0.2, -0.15) is 11.3 Å². The van der Waals surface area contributed by atoms with Crippen LogP contribution in [-0.4, -0.2) is 13.7 Å². The van der Waals surface area contributed by atoms with E-state index in [0.717, 1.165) is 24.1 Å². The van der Waals surface area contributed by atoms with Crippen LogP contribution in [0, 0.1) is 5.82 Å². The predicted molar refractivity (Wildman–Crippen MR) is 77.4 cm³/mol. The van der Waals surface area contributed by atoms with Crippen molar-refractivity contribution in [2.45, 2.75) is 19.4 Å². The number of halogens is 1. The number of ether oxygens (including phenoxy) is 1. The lowest BCUT2D eigenvalue weighted by Gasteiger charge is -2.20. The van der Waals surface area contributed by atoms with Crippen molar-refractivity contribution < 1.29 is 9.13 Å². The molecule has 1 aromatic carbocycles. The lowest BCUT2D eigenvalue weighted by atomic mass is 10.00. The molecule has 1 N–H and O–H groups in total. The molecular formula is C15H18FNOS. The first kappa shape index (κ1) is 14.0. The average Bonchev–Trinajstić information content (AvgIpc) is 2.93. The molecule has 1 heterocycles. The zero-order chi connectivity index (χ0) is 13.7. The van der Waals surface area contributed by atoms with Gasteiger partial charge < -0.3 is 10.1 Å². The van der Waals surface area contributed by atoms with Gasteiger partial charge in [0.15, 0.2) is 0 Å². The summed E-state index contributed by atoms with van der Waals surface area (Å²) in [6.45, 7) is 2.99. The van der Waals surface area contributed by atoms with Crippen molar-refractivity contribution in [2.75, 3.05) is 13.7 Å². The van der Waals surface area contributed by atoms with Crippen molar-refractivity contribution in [1.82, 2.24) is 5.32 Å². The van der Waals surface area contributed by atoms with Crippen LogP contribution in [0.2, 0.25) is 0 Å². The smallest absolute Gasteiger partial charge is 0.124 e. The van der Waals surface area contributed by atoms with Crippen LogP contribution in [0.15, 0.2) is 35.0 Å². The van der Waals surface area contributed by atoms with Crippen LogP contribution in [0.5, 0.6) is 5.75 Å². The van der Waals surface area contributed by atoms with Crippen LogP contribution in [0.1, 0.15) is 30.5 Å². The second kappa shape index (κ2) is 6.68. The van der Waals surface area contributed by atoms with Crippen LogP contribution < -0.4 is 10.1 Å². The van der Waals surface area contributed by atoms with E-state index in [1.807, 2.05) is 5.38 Å². The SMILES string of the molecule is CCCNC(c1ccsc1)c1cc(F)ccc1OC. The topological polar surface area (TPSA) is 21.3 Å². The molecule has 0 amide bonds. The van der Waals surface area contributed by atoms with Gasteiger partial charge >= 0.3 is 0 Å². The Morgan fingerprint density at radius 2 is 2.21 bits per heavy atom. The highest BCUT2D eigenvalue weighted by atomic mass is 32.1. The number of thiophene rings is 1. The van der Waals surface area contributed by atoms with Gasteiger partial charge in [-0.25, -0.2) is 4.39 Å². The van der Waals surface area contributed by atoms with Crippen molar-refractivity contribution in [2.24, 2.45) is 0 Å². The molecule has 1 atom stereocenters. The van der Waals surface area contributed by atoms with Crippen LogP contribution in [-0.2, 0) is 0 Å². The van der Waals surface area contributed by atoms with Gasteiger partial charge in [0.25, 0.3) is 0 Å². The molecule has 1 aromatic heterocycles. The zero-order valence-corrected chi connectivity index (χ0v) is 12.0. The summed E-state index contributed by atoms with van der Waals surface area (Å²) < 4.78 is 18.9. The molecule has 2 aromatic rings. The first-order valence-corrected chi connectivity index (χ1v) is 7.29. The van der Waals surface area contributed by atoms with Crippen molar-refractivity contribution in [3.63, 3.8) is 0 Å². The predicted octanol–water partition coefficient (Wildman–Crippen LogP) is 3.98. The highest BCUT2D eigenvalue weighted by molar-refractivity contribution is 7.08. The Morgan fingerprint density at radius 1 is 1.37 bits per heavy atom. The molecule has 0 saturated heterocycles. The molecule has 2 nitrogen and oxygen atoms in total. The lowest BCUT2D eigenvalue weighted by Crippen LogP contribution is -2.23. The third-order valence-electron chi connectivity index (χ3n) is 2.98. The number of rotatable bonds is 6. The first-order valence-electron chi connectivity index (χ1n) is 6.35. The maximum absolute atomic E-state index is 13.5. The third-order valence-corrected chi connectivity index (χ3v) is 3.68. The van der Waals surface area contributed by atoms with E-state index in [9.17, 15) is 4.39 Å². The van der Waals surface area contributed by atoms with E-state index in [2.05, 4.69) is 23.7 Å². The van der Waals surface area contributed by atoms with Gasteiger partial charge in [-0.05, 0) is 53.6 Å². The number of hydrogen-bond donors (Lipinski definition) is 1. The Balaban J connectivity index is 2.39. The fraction of sp³-hybridized carbons (Fsp3) is 0.333. The zero-order valence-electron chi connectivity index (χ0n) is 11.2. The normalized spacial score (nSPS) is 12.4. The van der Waals surface area contributed by atoms with Crippen molar-refractivity contribution in [1.29, 1.82) is 0 Å². The van der Waals surface area contributed by atoms with Gasteiger partial charge in [-0.1, -0.05) is 6.92 Å². The van der Waals surface area contributed by atoms with E-state index in [-0.39, 0.29) is 11.9 Å². The molecular weight excluding hydrogens is 261 g/mol. The quantitative estimate of drug-likeness (QED) is 0.863. The van der Waals surface area contributed by atoms with Crippen molar-refractivity contribution in [3.05, 3.63) is 52.0 Å². The Kier molecular flexibility index (Phi) is 4.93. The maximum atomic E-state index is 13.5. The van der Waals surface area contributed by atoms with E-state index >= 15 is 0 Å². The van der Waals surface area contributed by atoms with E-state index in [4.69, 9.17) is 4.74 Å². The summed E-state index contributed by atoms with van der Waals surface area (Å²) in [5, 5.41) is 7.56. The fourth-order valence-electron chi connectivity index (χ4n) is 2.07. The van der Waals surface area contributed by atoms with E-state index in [0.29, 0.717) is 5.75 Å². The number of benzene rings is 1. The summed E-state index contributed by atoms with van der Waals surface area (Å²) in [6.07, 6.45) is 1.03. The van der Waals surface area contributed by atoms with Crippen molar-refractivity contribution in [3.8, 4) is 5.75 Å². The molecule has 19 heavy (non-hydrogen) atoms. The van der Waals surface area contributed by atoms with Gasteiger partial charge in [-0.3, -0.25) is 0 Å². The molecule has 0 radical (unpaired) electrons. The third kappa shape index (κ3) is 3.33. The summed E-state index contributed by atoms with van der Waals surface area (Å²) >= 11 is 1.64. The van der Waals surface area contributed by atoms with E-state index in [1.54, 1.807) is 30.6 Å². The highest BCUT2D eigenvalue weighted by Gasteiger charge is 2.18. The minimum absolute atomic E-state index is 0.0307. The van der Waals surface area contributed by atoms with Gasteiger partial charge in [0.05, 0.1) is 13.2 Å². The molecule has 1 unspecified atom stereocenters. The van der Waals surface area contributed by atoms with Crippen LogP contribution >= 0.6 is 11.3 Å². The number of methoxy groups -OCH3 is 1. The molecule has 102 valence electrons. The first-order chi connectivity index (χ1) is 9.26. The van der Waals surface area contributed by atoms with Crippen LogP contribution in [0.4, 0.5) is 4.39 Å². The van der Waals surface area contributed by atoms with Gasteiger partial charge in [-0.15, -0.1) is 0 Å². The Bertz CT molecular complexity index is 513. The molecule has 0 fully saturated rings. The fourth-order valence-corrected chi connectivity index (χ4v) is 2.75. The molecule has 0 aliphatic rings. The largest absolute Gasteiger partial charge is 0.496 e. The molecule has 0 aliphatic heterocycles. The van der Waals surface area contributed by atoms with Gasteiger partial charge in [0.2, 0.25) is 0 Å². The molecule has 4 heteroatoms. The Hall–Kier alpha value is -1.39. The molecule has 0 saturated carbocycles. The highest BCUT2D eigenvalue weighted by Crippen LogP contribution is 2.31. The summed E-state index contributed by atoms with van der Waals surface area (Å²) in [5.41, 5.74) is 1.98. The minimum atomic E-state index is -0.241. The summed E-state index contributed by atoms with van der Waals surface area (Å²) in [7, 11) is 1.61. The Labute approximate surface area is 117 Å². The Morgan fingerprint density at radius 3 is 2.84 bits per heavy atom. The minimum Gasteiger partial charge on any atom is -0.496 e. The second-order valence-electron chi connectivity index (χ2n) is 4.33. The summed E-state index contributed by atoms with van der Waals surface area (Å²) in [4.78, 5) is 0. The monoisotopic (exact) mass is 279 g/mol. The summed E-state index contributed by atoms with van der Waals surface area (Å²) in [6, 6.07) is 6.67. The van der Waals surface area contributed by atoms with Gasteiger partial charge in [0, 0.05) is 5.56 Å². The molecule has 0 bridgehead atoms. The van der Waals surface area contributed by atoms with Crippen molar-refractivity contribution >= 4 is 11.3 Å². The number of nitrogens with one attached hydrogen (secondary N) is 1. The number of hydrogen-bond acceptors (Lipinski definition) is 3. The standard InChI is InChI=1S/C15H18FNOS/c1-3-7-17-15(11-6-8-19-10-11)13-9-12(16)4-5-14(13)18-2/h4-6,8-10,15,17H,3,7H2,1-2H3. The molecule has 0 aliphatic carbocycles. The lowest BCUT2D eigenvalue weighted by molar-refractivity contribution is 0.402. The van der Waals surface area contributed by atoms with E-state index < -0.39 is 0 Å². The van der Waals surface area contributed by atoms with E-state index in [1.165, 1.54) is 6.07 Å². The molecule has 2 rings (SSSR count).